The Morgan fingerprint density at radius 1 is 1.03 bits per heavy atom. The van der Waals surface area contributed by atoms with Gasteiger partial charge in [0.25, 0.3) is 5.91 Å². The number of ether oxygens (including phenoxy) is 1. The fourth-order valence-corrected chi connectivity index (χ4v) is 4.03. The van der Waals surface area contributed by atoms with Gasteiger partial charge in [0.1, 0.15) is 5.00 Å². The number of hydrogen-bond donors (Lipinski definition) is 3. The molecule has 2 aromatic carbocycles. The third kappa shape index (κ3) is 4.84. The van der Waals surface area contributed by atoms with E-state index in [-0.39, 0.29) is 22.9 Å². The van der Waals surface area contributed by atoms with Gasteiger partial charge < -0.3 is 21.1 Å². The number of nitrogens with two attached hydrogens (primary N) is 1. The molecular weight excluding hydrogens is 402 g/mol. The molecule has 30 heavy (non-hydrogen) atoms. The first kappa shape index (κ1) is 21.1. The van der Waals surface area contributed by atoms with Crippen LogP contribution in [-0.4, -0.2) is 24.9 Å². The van der Waals surface area contributed by atoms with E-state index >= 15 is 0 Å². The van der Waals surface area contributed by atoms with Crippen molar-refractivity contribution in [2.24, 2.45) is 0 Å². The molecule has 1 heterocycles. The van der Waals surface area contributed by atoms with Crippen LogP contribution >= 0.6 is 11.3 Å². The van der Waals surface area contributed by atoms with Gasteiger partial charge in [-0.3, -0.25) is 9.59 Å². The van der Waals surface area contributed by atoms with Crippen molar-refractivity contribution < 1.29 is 19.1 Å². The Kier molecular flexibility index (Phi) is 6.48. The summed E-state index contributed by atoms with van der Waals surface area (Å²) in [4.78, 5) is 37.9. The molecule has 2 amide bonds. The van der Waals surface area contributed by atoms with Crippen molar-refractivity contribution in [3.63, 3.8) is 0 Å². The first-order chi connectivity index (χ1) is 14.4. The molecule has 0 saturated carbocycles. The van der Waals surface area contributed by atoms with E-state index in [2.05, 4.69) is 10.6 Å². The normalized spacial score (nSPS) is 10.3. The monoisotopic (exact) mass is 423 g/mol. The van der Waals surface area contributed by atoms with Crippen molar-refractivity contribution >= 4 is 45.5 Å². The first-order valence-corrected chi connectivity index (χ1v) is 9.93. The van der Waals surface area contributed by atoms with Crippen LogP contribution in [0.4, 0.5) is 16.4 Å². The second-order valence-corrected chi connectivity index (χ2v) is 7.56. The lowest BCUT2D eigenvalue weighted by atomic mass is 10.1. The zero-order valence-electron chi connectivity index (χ0n) is 16.5. The average Bonchev–Trinajstić information content (AvgIpc) is 3.04. The molecule has 0 saturated heterocycles. The fourth-order valence-electron chi connectivity index (χ4n) is 2.92. The highest BCUT2D eigenvalue weighted by Gasteiger charge is 2.26. The van der Waals surface area contributed by atoms with Crippen molar-refractivity contribution in [2.45, 2.75) is 13.3 Å². The largest absolute Gasteiger partial charge is 0.465 e. The maximum absolute atomic E-state index is 12.8. The summed E-state index contributed by atoms with van der Waals surface area (Å²) in [6.07, 6.45) is 0.142. The molecule has 0 aliphatic carbocycles. The topological polar surface area (TPSA) is 111 Å². The molecule has 7 nitrogen and oxygen atoms in total. The van der Waals surface area contributed by atoms with E-state index in [0.29, 0.717) is 21.8 Å². The highest BCUT2D eigenvalue weighted by atomic mass is 32.1. The van der Waals surface area contributed by atoms with Gasteiger partial charge in [-0.2, -0.15) is 0 Å². The zero-order chi connectivity index (χ0) is 21.7. The van der Waals surface area contributed by atoms with Crippen molar-refractivity contribution in [3.8, 4) is 0 Å². The summed E-state index contributed by atoms with van der Waals surface area (Å²) in [6.45, 7) is 1.64. The molecule has 1 aromatic heterocycles. The van der Waals surface area contributed by atoms with Gasteiger partial charge >= 0.3 is 5.97 Å². The van der Waals surface area contributed by atoms with Crippen molar-refractivity contribution in [1.29, 1.82) is 0 Å². The highest BCUT2D eigenvalue weighted by Crippen LogP contribution is 2.34. The lowest BCUT2D eigenvalue weighted by molar-refractivity contribution is -0.115. The minimum Gasteiger partial charge on any atom is -0.465 e. The van der Waals surface area contributed by atoms with Crippen LogP contribution in [0.3, 0.4) is 0 Å². The average molecular weight is 423 g/mol. The van der Waals surface area contributed by atoms with E-state index in [0.717, 1.165) is 16.9 Å². The van der Waals surface area contributed by atoms with Crippen LogP contribution in [0.15, 0.2) is 54.6 Å². The Morgan fingerprint density at radius 2 is 1.77 bits per heavy atom. The molecular formula is C22H21N3O4S. The summed E-state index contributed by atoms with van der Waals surface area (Å²) in [5.74, 6) is -1.33. The molecule has 0 spiro atoms. The Morgan fingerprint density at radius 3 is 2.43 bits per heavy atom. The summed E-state index contributed by atoms with van der Waals surface area (Å²) in [6, 6.07) is 16.0. The molecule has 0 aliphatic heterocycles. The predicted octanol–water partition coefficient (Wildman–Crippen LogP) is 3.86. The maximum Gasteiger partial charge on any atom is 0.341 e. The summed E-state index contributed by atoms with van der Waals surface area (Å²) >= 11 is 1.02. The van der Waals surface area contributed by atoms with E-state index in [1.165, 1.54) is 7.11 Å². The molecule has 3 rings (SSSR count). The zero-order valence-corrected chi connectivity index (χ0v) is 17.3. The number of rotatable bonds is 6. The lowest BCUT2D eigenvalue weighted by Gasteiger charge is -2.06. The SMILES string of the molecule is COC(=O)c1c(NC(=O)Cc2ccccc2)sc(C(=O)Nc2cccc(N)c2)c1C. The number of methoxy groups -OCH3 is 1. The smallest absolute Gasteiger partial charge is 0.341 e. The summed E-state index contributed by atoms with van der Waals surface area (Å²) in [5, 5.41) is 5.78. The first-order valence-electron chi connectivity index (χ1n) is 9.11. The quantitative estimate of drug-likeness (QED) is 0.412. The Bertz CT molecular complexity index is 1090. The van der Waals surface area contributed by atoms with Gasteiger partial charge in [0, 0.05) is 11.4 Å². The van der Waals surface area contributed by atoms with Crippen LogP contribution < -0.4 is 16.4 Å². The molecule has 0 bridgehead atoms. The van der Waals surface area contributed by atoms with Gasteiger partial charge in [-0.25, -0.2) is 4.79 Å². The van der Waals surface area contributed by atoms with E-state index in [9.17, 15) is 14.4 Å². The Labute approximate surface area is 177 Å². The molecule has 154 valence electrons. The van der Waals surface area contributed by atoms with Crippen molar-refractivity contribution in [1.82, 2.24) is 0 Å². The molecule has 0 atom stereocenters. The van der Waals surface area contributed by atoms with Crippen LogP contribution in [-0.2, 0) is 16.0 Å². The number of thiophene rings is 1. The Hall–Kier alpha value is -3.65. The van der Waals surface area contributed by atoms with E-state index in [1.807, 2.05) is 30.3 Å². The molecule has 8 heteroatoms. The second-order valence-electron chi connectivity index (χ2n) is 6.54. The fraction of sp³-hybridized carbons (Fsp3) is 0.136. The number of hydrogen-bond acceptors (Lipinski definition) is 6. The number of carbonyl (C=O) groups is 3. The minimum absolute atomic E-state index is 0.142. The van der Waals surface area contributed by atoms with Crippen LogP contribution in [0.25, 0.3) is 0 Å². The predicted molar refractivity (Wildman–Crippen MR) is 118 cm³/mol. The maximum atomic E-state index is 12.8. The number of carbonyl (C=O) groups excluding carboxylic acids is 3. The minimum atomic E-state index is -0.623. The number of benzene rings is 2. The van der Waals surface area contributed by atoms with Crippen LogP contribution in [0.2, 0.25) is 0 Å². The van der Waals surface area contributed by atoms with Gasteiger partial charge in [0.15, 0.2) is 0 Å². The molecule has 0 radical (unpaired) electrons. The molecule has 0 aliphatic rings. The van der Waals surface area contributed by atoms with Crippen molar-refractivity contribution in [3.05, 3.63) is 76.2 Å². The van der Waals surface area contributed by atoms with Gasteiger partial charge in [0.05, 0.1) is 24.0 Å². The van der Waals surface area contributed by atoms with Gasteiger partial charge in [-0.1, -0.05) is 36.4 Å². The number of nitrogens with one attached hydrogen (secondary N) is 2. The summed E-state index contributed by atoms with van der Waals surface area (Å²) in [7, 11) is 1.25. The van der Waals surface area contributed by atoms with Crippen LogP contribution in [0, 0.1) is 6.92 Å². The molecule has 3 aromatic rings. The lowest BCUT2D eigenvalue weighted by Crippen LogP contribution is -2.16. The third-order valence-electron chi connectivity index (χ3n) is 4.35. The number of esters is 1. The number of amides is 2. The third-order valence-corrected chi connectivity index (χ3v) is 5.55. The van der Waals surface area contributed by atoms with E-state index in [4.69, 9.17) is 10.5 Å². The Balaban J connectivity index is 1.86. The molecule has 0 unspecified atom stereocenters. The van der Waals surface area contributed by atoms with Crippen LogP contribution in [0.5, 0.6) is 0 Å². The van der Waals surface area contributed by atoms with E-state index < -0.39 is 11.9 Å². The summed E-state index contributed by atoms with van der Waals surface area (Å²) < 4.78 is 4.85. The van der Waals surface area contributed by atoms with Gasteiger partial charge in [-0.15, -0.1) is 11.3 Å². The standard InChI is InChI=1S/C22H21N3O4S/c1-13-18(22(28)29-2)21(25-17(26)11-14-7-4-3-5-8-14)30-19(13)20(27)24-16-10-6-9-15(23)12-16/h3-10,12H,11,23H2,1-2H3,(H,24,27)(H,25,26). The van der Waals surface area contributed by atoms with Crippen LogP contribution in [0.1, 0.15) is 31.2 Å². The second kappa shape index (κ2) is 9.23. The number of nitrogen functional groups attached to an aromatic ring is 1. The summed E-state index contributed by atoms with van der Waals surface area (Å²) in [5.41, 5.74) is 8.23. The van der Waals surface area contributed by atoms with Gasteiger partial charge in [-0.05, 0) is 36.2 Å². The highest BCUT2D eigenvalue weighted by molar-refractivity contribution is 7.18. The molecule has 0 fully saturated rings. The van der Waals surface area contributed by atoms with E-state index in [1.54, 1.807) is 31.2 Å². The number of anilines is 3. The van der Waals surface area contributed by atoms with Gasteiger partial charge in [0.2, 0.25) is 5.91 Å². The molecule has 4 N–H and O–H groups in total. The van der Waals surface area contributed by atoms with Crippen molar-refractivity contribution in [2.75, 3.05) is 23.5 Å².